The molecule has 7 rings (SSSR count). The highest BCUT2D eigenvalue weighted by Crippen LogP contribution is 2.52. The molecule has 0 spiro atoms. The maximum absolute atomic E-state index is 4.91. The third-order valence-corrected chi connectivity index (χ3v) is 7.84. The van der Waals surface area contributed by atoms with Crippen molar-refractivity contribution in [1.29, 1.82) is 0 Å². The van der Waals surface area contributed by atoms with E-state index in [2.05, 4.69) is 99.0 Å². The predicted octanol–water partition coefficient (Wildman–Crippen LogP) is 7.12. The molecule has 0 amide bonds. The Labute approximate surface area is 182 Å². The molecular weight excluding hydrogens is 376 g/mol. The summed E-state index contributed by atoms with van der Waals surface area (Å²) in [5.41, 5.74) is 13.1. The topological polar surface area (TPSA) is 17.8 Å². The number of benzene rings is 3. The molecule has 2 nitrogen and oxygen atoms in total. The fourth-order valence-corrected chi connectivity index (χ4v) is 6.21. The maximum atomic E-state index is 4.91. The molecule has 0 bridgehead atoms. The average Bonchev–Trinajstić information content (AvgIpc) is 3.22. The average molecular weight is 401 g/mol. The van der Waals surface area contributed by atoms with Gasteiger partial charge in [0.15, 0.2) is 0 Å². The van der Waals surface area contributed by atoms with Crippen molar-refractivity contribution >= 4 is 21.9 Å². The van der Waals surface area contributed by atoms with Crippen LogP contribution in [0.1, 0.15) is 49.9 Å². The Morgan fingerprint density at radius 1 is 0.677 bits per heavy atom. The van der Waals surface area contributed by atoms with Gasteiger partial charge in [0.25, 0.3) is 0 Å². The van der Waals surface area contributed by atoms with Crippen LogP contribution in [0, 0.1) is 0 Å². The quantitative estimate of drug-likeness (QED) is 0.270. The first-order valence-corrected chi connectivity index (χ1v) is 11.1. The molecule has 0 unspecified atom stereocenters. The van der Waals surface area contributed by atoms with Gasteiger partial charge in [-0.05, 0) is 57.6 Å². The highest BCUT2D eigenvalue weighted by Gasteiger charge is 2.38. The summed E-state index contributed by atoms with van der Waals surface area (Å²) < 4.78 is 2.47. The zero-order valence-corrected chi connectivity index (χ0v) is 18.3. The number of pyridine rings is 1. The number of fused-ring (bicyclic) bond motifs is 8. The highest BCUT2D eigenvalue weighted by molar-refractivity contribution is 6.11. The first-order valence-electron chi connectivity index (χ1n) is 11.1. The van der Waals surface area contributed by atoms with Gasteiger partial charge in [-0.15, -0.1) is 0 Å². The molecule has 2 aromatic heterocycles. The molecule has 2 aliphatic rings. The second kappa shape index (κ2) is 5.26. The van der Waals surface area contributed by atoms with Gasteiger partial charge in [0.05, 0.1) is 22.2 Å². The van der Waals surface area contributed by atoms with Crippen molar-refractivity contribution in [3.8, 4) is 16.8 Å². The third kappa shape index (κ3) is 1.88. The number of para-hydroxylation sites is 1. The standard InChI is InChI=1S/C29H24N2/c1-28(2)20-10-6-5-9-17(20)18-15-19-25(16-23(18)28)31-24-12-8-7-11-21(24)29(3,4)22-13-14-30-26(19)27(22)31/h5-16H,1-4H3. The van der Waals surface area contributed by atoms with Gasteiger partial charge in [-0.1, -0.05) is 70.2 Å². The summed E-state index contributed by atoms with van der Waals surface area (Å²) in [6.45, 7) is 9.37. The molecule has 0 N–H and O–H groups in total. The van der Waals surface area contributed by atoms with Crippen molar-refractivity contribution in [3.63, 3.8) is 0 Å². The van der Waals surface area contributed by atoms with Crippen LogP contribution < -0.4 is 0 Å². The minimum Gasteiger partial charge on any atom is -0.307 e. The molecule has 2 heteroatoms. The lowest BCUT2D eigenvalue weighted by Gasteiger charge is -2.34. The van der Waals surface area contributed by atoms with Crippen molar-refractivity contribution < 1.29 is 0 Å². The van der Waals surface area contributed by atoms with E-state index >= 15 is 0 Å². The van der Waals surface area contributed by atoms with Crippen molar-refractivity contribution in [1.82, 2.24) is 9.55 Å². The molecule has 1 aliphatic carbocycles. The van der Waals surface area contributed by atoms with Gasteiger partial charge in [-0.25, -0.2) is 0 Å². The summed E-state index contributed by atoms with van der Waals surface area (Å²) in [6.07, 6.45) is 1.99. The van der Waals surface area contributed by atoms with Gasteiger partial charge in [0.1, 0.15) is 0 Å². The predicted molar refractivity (Wildman–Crippen MR) is 128 cm³/mol. The highest BCUT2D eigenvalue weighted by atomic mass is 15.0. The normalized spacial score (nSPS) is 16.9. The zero-order valence-electron chi connectivity index (χ0n) is 18.3. The Morgan fingerprint density at radius 2 is 1.39 bits per heavy atom. The van der Waals surface area contributed by atoms with E-state index in [9.17, 15) is 0 Å². The van der Waals surface area contributed by atoms with E-state index in [0.717, 1.165) is 5.52 Å². The van der Waals surface area contributed by atoms with E-state index < -0.39 is 0 Å². The largest absolute Gasteiger partial charge is 0.307 e. The van der Waals surface area contributed by atoms with Gasteiger partial charge >= 0.3 is 0 Å². The lowest BCUT2D eigenvalue weighted by atomic mass is 9.75. The Morgan fingerprint density at radius 3 is 2.23 bits per heavy atom. The van der Waals surface area contributed by atoms with E-state index in [-0.39, 0.29) is 10.8 Å². The summed E-state index contributed by atoms with van der Waals surface area (Å²) >= 11 is 0. The maximum Gasteiger partial charge on any atom is 0.0966 e. The van der Waals surface area contributed by atoms with Crippen LogP contribution in [0.2, 0.25) is 0 Å². The first kappa shape index (κ1) is 17.3. The van der Waals surface area contributed by atoms with E-state index in [1.165, 1.54) is 55.5 Å². The number of aromatic nitrogens is 2. The Hall–Kier alpha value is -3.39. The first-order chi connectivity index (χ1) is 14.9. The number of hydrogen-bond donors (Lipinski definition) is 0. The number of nitrogens with zero attached hydrogens (tertiary/aromatic N) is 2. The molecule has 0 atom stereocenters. The van der Waals surface area contributed by atoms with E-state index in [4.69, 9.17) is 4.98 Å². The monoisotopic (exact) mass is 400 g/mol. The van der Waals surface area contributed by atoms with E-state index in [1.807, 2.05) is 6.20 Å². The van der Waals surface area contributed by atoms with Crippen LogP contribution in [0.3, 0.4) is 0 Å². The van der Waals surface area contributed by atoms with Gasteiger partial charge in [-0.2, -0.15) is 0 Å². The zero-order chi connectivity index (χ0) is 21.1. The Bertz CT molecular complexity index is 1580. The van der Waals surface area contributed by atoms with Crippen LogP contribution in [0.5, 0.6) is 0 Å². The summed E-state index contributed by atoms with van der Waals surface area (Å²) in [7, 11) is 0. The molecule has 0 saturated carbocycles. The summed E-state index contributed by atoms with van der Waals surface area (Å²) in [4.78, 5) is 4.91. The van der Waals surface area contributed by atoms with Crippen molar-refractivity contribution in [3.05, 3.63) is 95.2 Å². The second-order valence-corrected chi connectivity index (χ2v) is 10.1. The van der Waals surface area contributed by atoms with Crippen LogP contribution in [-0.4, -0.2) is 9.55 Å². The molecule has 3 heterocycles. The van der Waals surface area contributed by atoms with E-state index in [1.54, 1.807) is 0 Å². The van der Waals surface area contributed by atoms with Crippen molar-refractivity contribution in [2.24, 2.45) is 0 Å². The summed E-state index contributed by atoms with van der Waals surface area (Å²) in [5, 5.41) is 1.25. The summed E-state index contributed by atoms with van der Waals surface area (Å²) in [5.74, 6) is 0. The molecule has 0 radical (unpaired) electrons. The summed E-state index contributed by atoms with van der Waals surface area (Å²) in [6, 6.07) is 24.8. The number of rotatable bonds is 0. The molecule has 1 aliphatic heterocycles. The molecule has 0 fully saturated rings. The van der Waals surface area contributed by atoms with Crippen molar-refractivity contribution in [2.45, 2.75) is 38.5 Å². The van der Waals surface area contributed by atoms with Crippen LogP contribution in [-0.2, 0) is 10.8 Å². The van der Waals surface area contributed by atoms with Crippen LogP contribution in [0.25, 0.3) is 38.8 Å². The minimum absolute atomic E-state index is 0.0133. The fourth-order valence-electron chi connectivity index (χ4n) is 6.21. The molecule has 3 aromatic carbocycles. The van der Waals surface area contributed by atoms with Gasteiger partial charge < -0.3 is 4.57 Å². The third-order valence-electron chi connectivity index (χ3n) is 7.84. The lowest BCUT2D eigenvalue weighted by molar-refractivity contribution is 0.629. The Kier molecular flexibility index (Phi) is 2.94. The Balaban J connectivity index is 1.71. The molecule has 150 valence electrons. The van der Waals surface area contributed by atoms with Gasteiger partial charge in [0, 0.05) is 22.4 Å². The number of hydrogen-bond acceptors (Lipinski definition) is 1. The fraction of sp³-hybridized carbons (Fsp3) is 0.207. The molecule has 5 aromatic rings. The molecule has 0 saturated heterocycles. The van der Waals surface area contributed by atoms with Crippen molar-refractivity contribution in [2.75, 3.05) is 0 Å². The second-order valence-electron chi connectivity index (χ2n) is 10.1. The molecule has 31 heavy (non-hydrogen) atoms. The molecular formula is C29H24N2. The van der Waals surface area contributed by atoms with Gasteiger partial charge in [-0.3, -0.25) is 4.98 Å². The van der Waals surface area contributed by atoms with Crippen LogP contribution in [0.15, 0.2) is 72.9 Å². The van der Waals surface area contributed by atoms with Gasteiger partial charge in [0.2, 0.25) is 0 Å². The SMILES string of the molecule is CC1(C)c2ccccc2-c2cc3c4nccc5c4n(c3cc21)-c1ccccc1C5(C)C. The smallest absolute Gasteiger partial charge is 0.0966 e. The van der Waals surface area contributed by atoms with E-state index in [0.29, 0.717) is 0 Å². The minimum atomic E-state index is -0.0588. The van der Waals surface area contributed by atoms with Crippen LogP contribution in [0.4, 0.5) is 0 Å². The van der Waals surface area contributed by atoms with Crippen LogP contribution >= 0.6 is 0 Å². The lowest BCUT2D eigenvalue weighted by Crippen LogP contribution is -2.26.